The summed E-state index contributed by atoms with van der Waals surface area (Å²) in [7, 11) is 0. The van der Waals surface area contributed by atoms with E-state index in [0.29, 0.717) is 12.1 Å². The number of aryl methyl sites for hydroxylation is 2. The Morgan fingerprint density at radius 3 is 2.42 bits per heavy atom. The van der Waals surface area contributed by atoms with Crippen LogP contribution in [0.4, 0.5) is 0 Å². The van der Waals surface area contributed by atoms with Crippen LogP contribution in [0.3, 0.4) is 0 Å². The molecule has 0 atom stereocenters. The zero-order valence-electron chi connectivity index (χ0n) is 15.0. The first-order valence-corrected chi connectivity index (χ1v) is 9.74. The SMILES string of the molecule is Cc1ccc(C(=O)NCc2c(-c3ccc(C)cc3)nc3n2CCS3)cc1. The van der Waals surface area contributed by atoms with Crippen molar-refractivity contribution in [3.05, 3.63) is 70.9 Å². The van der Waals surface area contributed by atoms with Gasteiger partial charge in [0.15, 0.2) is 5.16 Å². The van der Waals surface area contributed by atoms with E-state index in [0.717, 1.165) is 40.0 Å². The number of hydrogen-bond donors (Lipinski definition) is 1. The van der Waals surface area contributed by atoms with E-state index in [9.17, 15) is 4.79 Å². The fourth-order valence-electron chi connectivity index (χ4n) is 3.13. The van der Waals surface area contributed by atoms with Crippen LogP contribution < -0.4 is 5.32 Å². The van der Waals surface area contributed by atoms with Gasteiger partial charge in [0, 0.05) is 23.4 Å². The van der Waals surface area contributed by atoms with Crippen molar-refractivity contribution in [2.45, 2.75) is 32.1 Å². The van der Waals surface area contributed by atoms with Gasteiger partial charge in [-0.25, -0.2) is 4.98 Å². The van der Waals surface area contributed by atoms with Gasteiger partial charge in [-0.2, -0.15) is 0 Å². The summed E-state index contributed by atoms with van der Waals surface area (Å²) >= 11 is 1.77. The molecule has 0 aliphatic carbocycles. The van der Waals surface area contributed by atoms with E-state index >= 15 is 0 Å². The summed E-state index contributed by atoms with van der Waals surface area (Å²) in [5.41, 5.74) is 6.20. The van der Waals surface area contributed by atoms with Crippen molar-refractivity contribution in [1.29, 1.82) is 0 Å². The summed E-state index contributed by atoms with van der Waals surface area (Å²) in [5, 5.41) is 4.10. The van der Waals surface area contributed by atoms with Crippen molar-refractivity contribution in [3.8, 4) is 11.3 Å². The molecule has 1 aliphatic rings. The molecule has 1 aliphatic heterocycles. The molecule has 3 aromatic rings. The van der Waals surface area contributed by atoms with Crippen LogP contribution >= 0.6 is 11.8 Å². The van der Waals surface area contributed by atoms with Gasteiger partial charge in [-0.15, -0.1) is 0 Å². The smallest absolute Gasteiger partial charge is 0.251 e. The number of nitrogens with zero attached hydrogens (tertiary/aromatic N) is 2. The van der Waals surface area contributed by atoms with Crippen LogP contribution in [0.5, 0.6) is 0 Å². The topological polar surface area (TPSA) is 46.9 Å². The normalized spacial score (nSPS) is 12.8. The number of rotatable bonds is 4. The molecule has 0 spiro atoms. The largest absolute Gasteiger partial charge is 0.346 e. The van der Waals surface area contributed by atoms with Crippen molar-refractivity contribution in [2.75, 3.05) is 5.75 Å². The van der Waals surface area contributed by atoms with Crippen LogP contribution in [0, 0.1) is 13.8 Å². The van der Waals surface area contributed by atoms with Crippen LogP contribution in [-0.4, -0.2) is 21.2 Å². The van der Waals surface area contributed by atoms with Gasteiger partial charge in [0.05, 0.1) is 17.9 Å². The molecule has 4 nitrogen and oxygen atoms in total. The number of benzene rings is 2. The second kappa shape index (κ2) is 7.00. The minimum Gasteiger partial charge on any atom is -0.346 e. The molecule has 1 aromatic heterocycles. The lowest BCUT2D eigenvalue weighted by Gasteiger charge is -2.10. The van der Waals surface area contributed by atoms with Gasteiger partial charge in [-0.1, -0.05) is 59.3 Å². The molecule has 0 saturated heterocycles. The second-order valence-corrected chi connectivity index (χ2v) is 7.67. The summed E-state index contributed by atoms with van der Waals surface area (Å²) in [6.07, 6.45) is 0. The molecule has 26 heavy (non-hydrogen) atoms. The molecule has 2 heterocycles. The minimum absolute atomic E-state index is 0.0546. The molecule has 1 N–H and O–H groups in total. The highest BCUT2D eigenvalue weighted by atomic mass is 32.2. The predicted octanol–water partition coefficient (Wildman–Crippen LogP) is 4.20. The highest BCUT2D eigenvalue weighted by Gasteiger charge is 2.23. The first-order valence-electron chi connectivity index (χ1n) is 8.76. The summed E-state index contributed by atoms with van der Waals surface area (Å²) in [4.78, 5) is 17.3. The van der Waals surface area contributed by atoms with E-state index in [1.165, 1.54) is 5.56 Å². The Balaban J connectivity index is 1.60. The Hall–Kier alpha value is -2.53. The number of carbonyl (C=O) groups excluding carboxylic acids is 1. The number of aromatic nitrogens is 2. The quantitative estimate of drug-likeness (QED) is 0.756. The first-order chi connectivity index (χ1) is 12.6. The van der Waals surface area contributed by atoms with E-state index in [1.807, 2.05) is 31.2 Å². The first kappa shape index (κ1) is 16.9. The Kier molecular flexibility index (Phi) is 4.55. The van der Waals surface area contributed by atoms with Crippen molar-refractivity contribution < 1.29 is 4.79 Å². The summed E-state index contributed by atoms with van der Waals surface area (Å²) < 4.78 is 2.23. The molecule has 0 saturated carbocycles. The van der Waals surface area contributed by atoms with E-state index in [4.69, 9.17) is 4.98 Å². The molecular formula is C21H21N3OS. The standard InChI is InChI=1S/C21H21N3OS/c1-14-3-7-16(8-4-14)19-18(24-11-12-26-21(24)23-19)13-22-20(25)17-9-5-15(2)6-10-17/h3-10H,11-13H2,1-2H3,(H,22,25). The number of imidazole rings is 1. The van der Waals surface area contributed by atoms with E-state index in [-0.39, 0.29) is 5.91 Å². The second-order valence-electron chi connectivity index (χ2n) is 6.60. The molecule has 1 amide bonds. The Bertz CT molecular complexity index is 943. The van der Waals surface area contributed by atoms with Crippen LogP contribution in [0.2, 0.25) is 0 Å². The van der Waals surface area contributed by atoms with E-state index < -0.39 is 0 Å². The third-order valence-corrected chi connectivity index (χ3v) is 5.60. The molecular weight excluding hydrogens is 342 g/mol. The average Bonchev–Trinajstić information content (AvgIpc) is 3.22. The minimum atomic E-state index is -0.0546. The fourth-order valence-corrected chi connectivity index (χ4v) is 4.10. The van der Waals surface area contributed by atoms with Gasteiger partial charge in [-0.05, 0) is 26.0 Å². The van der Waals surface area contributed by atoms with Gasteiger partial charge in [0.1, 0.15) is 0 Å². The van der Waals surface area contributed by atoms with E-state index in [2.05, 4.69) is 41.1 Å². The number of fused-ring (bicyclic) bond motifs is 1. The fraction of sp³-hybridized carbons (Fsp3) is 0.238. The molecule has 2 aromatic carbocycles. The predicted molar refractivity (Wildman–Crippen MR) is 105 cm³/mol. The van der Waals surface area contributed by atoms with Crippen molar-refractivity contribution in [2.24, 2.45) is 0 Å². The number of carbonyl (C=O) groups is 1. The Labute approximate surface area is 157 Å². The summed E-state index contributed by atoms with van der Waals surface area (Å²) in [6.45, 7) is 5.51. The molecule has 4 rings (SSSR count). The van der Waals surface area contributed by atoms with Crippen LogP contribution in [0.15, 0.2) is 53.7 Å². The number of hydrogen-bond acceptors (Lipinski definition) is 3. The molecule has 0 fully saturated rings. The van der Waals surface area contributed by atoms with E-state index in [1.54, 1.807) is 11.8 Å². The zero-order valence-corrected chi connectivity index (χ0v) is 15.8. The molecule has 132 valence electrons. The number of amides is 1. The van der Waals surface area contributed by atoms with Crippen LogP contribution in [0.25, 0.3) is 11.3 Å². The molecule has 0 bridgehead atoms. The number of nitrogens with one attached hydrogen (secondary N) is 1. The van der Waals surface area contributed by atoms with Gasteiger partial charge < -0.3 is 9.88 Å². The zero-order chi connectivity index (χ0) is 18.1. The van der Waals surface area contributed by atoms with Crippen LogP contribution in [0.1, 0.15) is 27.2 Å². The maximum atomic E-state index is 12.5. The Morgan fingerprint density at radius 2 is 1.73 bits per heavy atom. The lowest BCUT2D eigenvalue weighted by Crippen LogP contribution is -2.24. The summed E-state index contributed by atoms with van der Waals surface area (Å²) in [5.74, 6) is 0.983. The third kappa shape index (κ3) is 3.27. The summed E-state index contributed by atoms with van der Waals surface area (Å²) in [6, 6.07) is 16.0. The molecule has 0 radical (unpaired) electrons. The van der Waals surface area contributed by atoms with Gasteiger partial charge in [-0.3, -0.25) is 4.79 Å². The monoisotopic (exact) mass is 363 g/mol. The Morgan fingerprint density at radius 1 is 1.08 bits per heavy atom. The van der Waals surface area contributed by atoms with Crippen molar-refractivity contribution in [1.82, 2.24) is 14.9 Å². The van der Waals surface area contributed by atoms with Crippen molar-refractivity contribution in [3.63, 3.8) is 0 Å². The highest BCUT2D eigenvalue weighted by Crippen LogP contribution is 2.33. The van der Waals surface area contributed by atoms with Gasteiger partial charge in [0.2, 0.25) is 0 Å². The van der Waals surface area contributed by atoms with Crippen LogP contribution in [-0.2, 0) is 13.1 Å². The third-order valence-electron chi connectivity index (χ3n) is 4.64. The van der Waals surface area contributed by atoms with Gasteiger partial charge in [0.25, 0.3) is 5.91 Å². The molecule has 0 unspecified atom stereocenters. The lowest BCUT2D eigenvalue weighted by molar-refractivity contribution is 0.0950. The average molecular weight is 363 g/mol. The lowest BCUT2D eigenvalue weighted by atomic mass is 10.1. The highest BCUT2D eigenvalue weighted by molar-refractivity contribution is 7.99. The maximum Gasteiger partial charge on any atom is 0.251 e. The molecule has 5 heteroatoms. The van der Waals surface area contributed by atoms with Crippen molar-refractivity contribution >= 4 is 17.7 Å². The number of thioether (sulfide) groups is 1. The van der Waals surface area contributed by atoms with Gasteiger partial charge >= 0.3 is 0 Å². The maximum absolute atomic E-state index is 12.5.